The monoisotopic (exact) mass is 427 g/mol. The highest BCUT2D eigenvalue weighted by Crippen LogP contribution is 2.25. The summed E-state index contributed by atoms with van der Waals surface area (Å²) in [5, 5.41) is 7.00. The fraction of sp³-hybridized carbons (Fsp3) is 0.0455. The van der Waals surface area contributed by atoms with Crippen molar-refractivity contribution in [1.82, 2.24) is 24.9 Å². The van der Waals surface area contributed by atoms with E-state index in [0.29, 0.717) is 28.3 Å². The normalized spacial score (nSPS) is 10.9. The number of aromatic nitrogens is 5. The Kier molecular flexibility index (Phi) is 4.71. The third-order valence-corrected chi connectivity index (χ3v) is 4.90. The molecule has 4 N–H and O–H groups in total. The molecular formula is C22H17N7O3. The molecule has 0 fully saturated rings. The summed E-state index contributed by atoms with van der Waals surface area (Å²) in [5.74, 6) is 0.404. The molecule has 158 valence electrons. The Morgan fingerprint density at radius 3 is 2.66 bits per heavy atom. The molecule has 0 atom stereocenters. The molecule has 10 heteroatoms. The third-order valence-electron chi connectivity index (χ3n) is 4.90. The summed E-state index contributed by atoms with van der Waals surface area (Å²) >= 11 is 0. The van der Waals surface area contributed by atoms with Crippen LogP contribution >= 0.6 is 0 Å². The first kappa shape index (κ1) is 19.2. The predicted molar refractivity (Wildman–Crippen MR) is 119 cm³/mol. The number of aromatic amines is 2. The standard InChI is InChI=1S/C22H17N7O3/c1-32-17-7-2-4-12-10-16(25-11-14(12)17)20(31)29-22-26-15-6-3-5-13(18(15)27-22)19(30)28-21-23-8-9-24-21/h2-11H,1H3,(H2,23,24,28,30)(H2,26,27,29,31). The summed E-state index contributed by atoms with van der Waals surface area (Å²) in [5.41, 5.74) is 1.58. The maximum atomic E-state index is 12.8. The van der Waals surface area contributed by atoms with Gasteiger partial charge in [-0.1, -0.05) is 18.2 Å². The minimum absolute atomic E-state index is 0.204. The molecule has 0 saturated heterocycles. The van der Waals surface area contributed by atoms with Crippen LogP contribution in [0.25, 0.3) is 21.8 Å². The lowest BCUT2D eigenvalue weighted by Crippen LogP contribution is -2.15. The number of carbonyl (C=O) groups excluding carboxylic acids is 2. The van der Waals surface area contributed by atoms with E-state index in [0.717, 1.165) is 10.8 Å². The van der Waals surface area contributed by atoms with E-state index in [4.69, 9.17) is 4.74 Å². The molecule has 0 unspecified atom stereocenters. The SMILES string of the molecule is COc1cccc2cc(C(=O)Nc3nc4c(C(=O)Nc5ncc[nH]5)cccc4[nH]3)ncc12. The van der Waals surface area contributed by atoms with Crippen molar-refractivity contribution in [3.63, 3.8) is 0 Å². The van der Waals surface area contributed by atoms with Crippen LogP contribution in [0.5, 0.6) is 5.75 Å². The van der Waals surface area contributed by atoms with Crippen LogP contribution in [0.4, 0.5) is 11.9 Å². The minimum Gasteiger partial charge on any atom is -0.496 e. The highest BCUT2D eigenvalue weighted by Gasteiger charge is 2.17. The summed E-state index contributed by atoms with van der Waals surface area (Å²) in [6.45, 7) is 0. The molecule has 2 amide bonds. The van der Waals surface area contributed by atoms with Crippen LogP contribution in [-0.2, 0) is 0 Å². The van der Waals surface area contributed by atoms with E-state index in [1.807, 2.05) is 18.2 Å². The Hall–Kier alpha value is -4.73. The second kappa shape index (κ2) is 7.84. The van der Waals surface area contributed by atoms with Crippen molar-refractivity contribution in [2.45, 2.75) is 0 Å². The van der Waals surface area contributed by atoms with Gasteiger partial charge in [0.2, 0.25) is 11.9 Å². The molecule has 0 radical (unpaired) electrons. The van der Waals surface area contributed by atoms with Crippen molar-refractivity contribution in [2.24, 2.45) is 0 Å². The quantitative estimate of drug-likeness (QED) is 0.339. The van der Waals surface area contributed by atoms with E-state index in [-0.39, 0.29) is 17.5 Å². The van der Waals surface area contributed by atoms with Gasteiger partial charge in [0.15, 0.2) is 0 Å². The van der Waals surface area contributed by atoms with Crippen LogP contribution < -0.4 is 15.4 Å². The van der Waals surface area contributed by atoms with Crippen molar-refractivity contribution in [3.05, 3.63) is 72.3 Å². The van der Waals surface area contributed by atoms with E-state index >= 15 is 0 Å². The van der Waals surface area contributed by atoms with Crippen molar-refractivity contribution in [3.8, 4) is 5.75 Å². The van der Waals surface area contributed by atoms with Crippen LogP contribution in [0.3, 0.4) is 0 Å². The van der Waals surface area contributed by atoms with E-state index in [9.17, 15) is 9.59 Å². The number of imidazole rings is 2. The number of methoxy groups -OCH3 is 1. The Morgan fingerprint density at radius 2 is 1.84 bits per heavy atom. The molecule has 0 aliphatic heterocycles. The van der Waals surface area contributed by atoms with Crippen LogP contribution in [0, 0.1) is 0 Å². The number of rotatable bonds is 5. The van der Waals surface area contributed by atoms with Gasteiger partial charge in [0.1, 0.15) is 17.0 Å². The molecule has 0 saturated carbocycles. The van der Waals surface area contributed by atoms with Gasteiger partial charge in [0.25, 0.3) is 11.8 Å². The lowest BCUT2D eigenvalue weighted by molar-refractivity contribution is 0.101. The molecule has 0 aliphatic carbocycles. The lowest BCUT2D eigenvalue weighted by atomic mass is 10.1. The fourth-order valence-electron chi connectivity index (χ4n) is 3.40. The zero-order valence-electron chi connectivity index (χ0n) is 16.8. The summed E-state index contributed by atoms with van der Waals surface area (Å²) < 4.78 is 5.33. The van der Waals surface area contributed by atoms with Gasteiger partial charge in [0, 0.05) is 24.0 Å². The number of fused-ring (bicyclic) bond motifs is 2. The van der Waals surface area contributed by atoms with E-state index in [1.165, 1.54) is 6.20 Å². The minimum atomic E-state index is -0.435. The molecule has 2 aromatic carbocycles. The second-order valence-corrected chi connectivity index (χ2v) is 6.88. The number of nitrogens with one attached hydrogen (secondary N) is 4. The first-order valence-electron chi connectivity index (χ1n) is 9.66. The van der Waals surface area contributed by atoms with Gasteiger partial charge in [-0.05, 0) is 29.7 Å². The smallest absolute Gasteiger partial charge is 0.276 e. The largest absolute Gasteiger partial charge is 0.496 e. The number of hydrogen-bond acceptors (Lipinski definition) is 6. The molecule has 5 aromatic rings. The van der Waals surface area contributed by atoms with Gasteiger partial charge in [0.05, 0.1) is 18.2 Å². The number of nitrogens with zero attached hydrogens (tertiary/aromatic N) is 3. The van der Waals surface area contributed by atoms with Gasteiger partial charge in [-0.3, -0.25) is 25.2 Å². The average molecular weight is 427 g/mol. The molecule has 0 spiro atoms. The molecule has 5 rings (SSSR count). The third kappa shape index (κ3) is 3.49. The number of ether oxygens (including phenoxy) is 1. The van der Waals surface area contributed by atoms with E-state index < -0.39 is 5.91 Å². The molecule has 32 heavy (non-hydrogen) atoms. The van der Waals surface area contributed by atoms with Gasteiger partial charge >= 0.3 is 0 Å². The lowest BCUT2D eigenvalue weighted by Gasteiger charge is -2.06. The Balaban J connectivity index is 1.41. The maximum Gasteiger partial charge on any atom is 0.276 e. The Bertz CT molecular complexity index is 1460. The van der Waals surface area contributed by atoms with Crippen molar-refractivity contribution < 1.29 is 14.3 Å². The number of hydrogen-bond donors (Lipinski definition) is 4. The summed E-state index contributed by atoms with van der Waals surface area (Å²) in [7, 11) is 1.58. The summed E-state index contributed by atoms with van der Waals surface area (Å²) in [6.07, 6.45) is 4.74. The maximum absolute atomic E-state index is 12.8. The molecular weight excluding hydrogens is 410 g/mol. The zero-order valence-corrected chi connectivity index (χ0v) is 16.8. The molecule has 3 heterocycles. The van der Waals surface area contributed by atoms with Crippen LogP contribution in [-0.4, -0.2) is 43.8 Å². The number of anilines is 2. The highest BCUT2D eigenvalue weighted by molar-refractivity contribution is 6.11. The fourth-order valence-corrected chi connectivity index (χ4v) is 3.40. The van der Waals surface area contributed by atoms with Gasteiger partial charge in [-0.15, -0.1) is 0 Å². The van der Waals surface area contributed by atoms with Crippen molar-refractivity contribution in [1.29, 1.82) is 0 Å². The van der Waals surface area contributed by atoms with Crippen LogP contribution in [0.2, 0.25) is 0 Å². The van der Waals surface area contributed by atoms with Crippen LogP contribution in [0.15, 0.2) is 61.1 Å². The van der Waals surface area contributed by atoms with Gasteiger partial charge < -0.3 is 14.7 Å². The summed E-state index contributed by atoms with van der Waals surface area (Å²) in [4.78, 5) is 43.8. The Labute approximate surface area is 181 Å². The number of amides is 2. The number of benzene rings is 2. The Morgan fingerprint density at radius 1 is 1.00 bits per heavy atom. The van der Waals surface area contributed by atoms with Crippen LogP contribution in [0.1, 0.15) is 20.8 Å². The first-order valence-corrected chi connectivity index (χ1v) is 9.66. The predicted octanol–water partition coefficient (Wildman–Crippen LogP) is 3.35. The number of pyridine rings is 1. The molecule has 3 aromatic heterocycles. The van der Waals surface area contributed by atoms with E-state index in [1.54, 1.807) is 43.8 Å². The van der Waals surface area contributed by atoms with Crippen molar-refractivity contribution in [2.75, 3.05) is 17.7 Å². The molecule has 0 aliphatic rings. The topological polar surface area (TPSA) is 138 Å². The van der Waals surface area contributed by atoms with Gasteiger partial charge in [-0.2, -0.15) is 0 Å². The second-order valence-electron chi connectivity index (χ2n) is 6.88. The van der Waals surface area contributed by atoms with Gasteiger partial charge in [-0.25, -0.2) is 9.97 Å². The first-order chi connectivity index (χ1) is 15.6. The van der Waals surface area contributed by atoms with Crippen molar-refractivity contribution >= 4 is 45.5 Å². The number of para-hydroxylation sites is 1. The van der Waals surface area contributed by atoms with E-state index in [2.05, 4.69) is 35.6 Å². The molecule has 10 nitrogen and oxygen atoms in total. The highest BCUT2D eigenvalue weighted by atomic mass is 16.5. The number of H-pyrrole nitrogens is 2. The average Bonchev–Trinajstić information content (AvgIpc) is 3.47. The number of carbonyl (C=O) groups is 2. The molecule has 0 bridgehead atoms. The zero-order chi connectivity index (χ0) is 22.1. The summed E-state index contributed by atoms with van der Waals surface area (Å²) in [6, 6.07) is 12.4.